The third-order valence-electron chi connectivity index (χ3n) is 3.35. The third-order valence-corrected chi connectivity index (χ3v) is 4.76. The van der Waals surface area contributed by atoms with E-state index in [0.29, 0.717) is 6.04 Å². The molecule has 1 unspecified atom stereocenters. The van der Waals surface area contributed by atoms with Crippen LogP contribution in [0.25, 0.3) is 0 Å². The lowest BCUT2D eigenvalue weighted by Crippen LogP contribution is -2.04. The van der Waals surface area contributed by atoms with Crippen LogP contribution in [0.3, 0.4) is 0 Å². The van der Waals surface area contributed by atoms with Gasteiger partial charge in [-0.2, -0.15) is 0 Å². The molecule has 1 aromatic carbocycles. The Bertz CT molecular complexity index is 528. The van der Waals surface area contributed by atoms with Crippen molar-refractivity contribution in [3.8, 4) is 0 Å². The lowest BCUT2D eigenvalue weighted by molar-refractivity contribution is 0.907. The van der Waals surface area contributed by atoms with Gasteiger partial charge in [-0.1, -0.05) is 13.0 Å². The maximum absolute atomic E-state index is 3.57. The molecule has 0 aliphatic heterocycles. The number of anilines is 1. The summed E-state index contributed by atoms with van der Waals surface area (Å²) in [6.45, 7) is 8.73. The Hall–Kier alpha value is -1.28. The molecule has 1 N–H and O–H groups in total. The fraction of sp³-hybridized carbons (Fsp3) is 0.375. The summed E-state index contributed by atoms with van der Waals surface area (Å²) in [4.78, 5) is 2.86. The first-order valence-electron chi connectivity index (χ1n) is 6.52. The molecule has 0 radical (unpaired) electrons. The summed E-state index contributed by atoms with van der Waals surface area (Å²) in [7, 11) is 0. The number of benzene rings is 1. The molecule has 1 aromatic heterocycles. The number of rotatable bonds is 4. The molecule has 0 saturated heterocycles. The first kappa shape index (κ1) is 13.2. The van der Waals surface area contributed by atoms with Gasteiger partial charge < -0.3 is 5.32 Å². The van der Waals surface area contributed by atoms with Crippen molar-refractivity contribution in [1.82, 2.24) is 0 Å². The average molecular weight is 259 g/mol. The topological polar surface area (TPSA) is 12.0 Å². The van der Waals surface area contributed by atoms with Crippen LogP contribution in [0.4, 0.5) is 5.69 Å². The van der Waals surface area contributed by atoms with Crippen molar-refractivity contribution in [3.05, 3.63) is 51.2 Å². The van der Waals surface area contributed by atoms with E-state index in [2.05, 4.69) is 63.3 Å². The van der Waals surface area contributed by atoms with Gasteiger partial charge in [0.2, 0.25) is 0 Å². The zero-order chi connectivity index (χ0) is 13.1. The van der Waals surface area contributed by atoms with Crippen LogP contribution in [-0.2, 0) is 6.42 Å². The van der Waals surface area contributed by atoms with Gasteiger partial charge in [-0.3, -0.25) is 0 Å². The normalized spacial score (nSPS) is 12.4. The molecule has 0 saturated carbocycles. The molecule has 1 nitrogen and oxygen atoms in total. The minimum atomic E-state index is 0.373. The minimum absolute atomic E-state index is 0.373. The molecule has 2 heteroatoms. The highest BCUT2D eigenvalue weighted by Crippen LogP contribution is 2.27. The molecule has 96 valence electrons. The van der Waals surface area contributed by atoms with Gasteiger partial charge in [0.15, 0.2) is 0 Å². The van der Waals surface area contributed by atoms with Crippen LogP contribution in [-0.4, -0.2) is 0 Å². The van der Waals surface area contributed by atoms with Crippen molar-refractivity contribution in [2.24, 2.45) is 0 Å². The molecular formula is C16H21NS. The van der Waals surface area contributed by atoms with E-state index in [-0.39, 0.29) is 0 Å². The van der Waals surface area contributed by atoms with Crippen molar-refractivity contribution < 1.29 is 0 Å². The lowest BCUT2D eigenvalue weighted by atomic mass is 10.1. The zero-order valence-electron chi connectivity index (χ0n) is 11.6. The number of hydrogen-bond donors (Lipinski definition) is 1. The SMILES string of the molecule is CCc1ccc(C(C)Nc2ccc(C)c(C)c2)s1. The van der Waals surface area contributed by atoms with E-state index in [9.17, 15) is 0 Å². The molecule has 0 fully saturated rings. The van der Waals surface area contributed by atoms with Crippen LogP contribution in [0, 0.1) is 13.8 Å². The maximum atomic E-state index is 3.57. The van der Waals surface area contributed by atoms with Crippen LogP contribution in [0.1, 0.15) is 40.8 Å². The second-order valence-corrected chi connectivity index (χ2v) is 6.02. The van der Waals surface area contributed by atoms with Gasteiger partial charge in [0.05, 0.1) is 6.04 Å². The van der Waals surface area contributed by atoms with Gasteiger partial charge >= 0.3 is 0 Å². The Morgan fingerprint density at radius 2 is 1.89 bits per heavy atom. The van der Waals surface area contributed by atoms with E-state index in [1.807, 2.05) is 11.3 Å². The minimum Gasteiger partial charge on any atom is -0.378 e. The summed E-state index contributed by atoms with van der Waals surface area (Å²) < 4.78 is 0. The molecule has 0 aliphatic rings. The Morgan fingerprint density at radius 3 is 2.50 bits per heavy atom. The van der Waals surface area contributed by atoms with Gasteiger partial charge in [0.1, 0.15) is 0 Å². The van der Waals surface area contributed by atoms with E-state index in [1.54, 1.807) is 0 Å². The largest absolute Gasteiger partial charge is 0.378 e. The van der Waals surface area contributed by atoms with Gasteiger partial charge in [-0.25, -0.2) is 0 Å². The summed E-state index contributed by atoms with van der Waals surface area (Å²) in [6, 6.07) is 11.4. The number of nitrogens with one attached hydrogen (secondary N) is 1. The van der Waals surface area contributed by atoms with Crippen molar-refractivity contribution in [1.29, 1.82) is 0 Å². The molecule has 1 heterocycles. The number of thiophene rings is 1. The monoisotopic (exact) mass is 259 g/mol. The molecule has 0 bridgehead atoms. The first-order valence-corrected chi connectivity index (χ1v) is 7.34. The van der Waals surface area contributed by atoms with Crippen molar-refractivity contribution in [3.63, 3.8) is 0 Å². The van der Waals surface area contributed by atoms with E-state index < -0.39 is 0 Å². The van der Waals surface area contributed by atoms with Gasteiger partial charge in [-0.15, -0.1) is 11.3 Å². The Balaban J connectivity index is 2.10. The highest BCUT2D eigenvalue weighted by atomic mass is 32.1. The van der Waals surface area contributed by atoms with E-state index >= 15 is 0 Å². The summed E-state index contributed by atoms with van der Waals surface area (Å²) in [5.74, 6) is 0. The van der Waals surface area contributed by atoms with Crippen molar-refractivity contribution in [2.45, 2.75) is 40.2 Å². The predicted molar refractivity (Wildman–Crippen MR) is 81.7 cm³/mol. The molecule has 2 aromatic rings. The van der Waals surface area contributed by atoms with Crippen LogP contribution in [0.5, 0.6) is 0 Å². The van der Waals surface area contributed by atoms with Gasteiger partial charge in [0, 0.05) is 15.4 Å². The summed E-state index contributed by atoms with van der Waals surface area (Å²) in [5, 5.41) is 3.57. The summed E-state index contributed by atoms with van der Waals surface area (Å²) in [5.41, 5.74) is 3.89. The average Bonchev–Trinajstić information content (AvgIpc) is 2.82. The highest BCUT2D eigenvalue weighted by molar-refractivity contribution is 7.12. The Kier molecular flexibility index (Phi) is 4.07. The van der Waals surface area contributed by atoms with E-state index in [1.165, 1.54) is 26.6 Å². The third kappa shape index (κ3) is 2.94. The molecule has 0 spiro atoms. The van der Waals surface area contributed by atoms with Gasteiger partial charge in [-0.05, 0) is 62.6 Å². The Morgan fingerprint density at radius 1 is 1.11 bits per heavy atom. The smallest absolute Gasteiger partial charge is 0.0578 e. The van der Waals surface area contributed by atoms with E-state index in [0.717, 1.165) is 6.42 Å². The quantitative estimate of drug-likeness (QED) is 0.805. The van der Waals surface area contributed by atoms with Crippen LogP contribution in [0.15, 0.2) is 30.3 Å². The van der Waals surface area contributed by atoms with Crippen LogP contribution < -0.4 is 5.32 Å². The number of aryl methyl sites for hydroxylation is 3. The second kappa shape index (κ2) is 5.57. The fourth-order valence-corrected chi connectivity index (χ4v) is 2.92. The summed E-state index contributed by atoms with van der Waals surface area (Å²) >= 11 is 1.91. The second-order valence-electron chi connectivity index (χ2n) is 4.82. The van der Waals surface area contributed by atoms with Crippen LogP contribution in [0.2, 0.25) is 0 Å². The first-order chi connectivity index (χ1) is 8.60. The van der Waals surface area contributed by atoms with Crippen molar-refractivity contribution >= 4 is 17.0 Å². The fourth-order valence-electron chi connectivity index (χ4n) is 1.97. The highest BCUT2D eigenvalue weighted by Gasteiger charge is 2.08. The molecule has 0 amide bonds. The zero-order valence-corrected chi connectivity index (χ0v) is 12.4. The van der Waals surface area contributed by atoms with Crippen LogP contribution >= 0.6 is 11.3 Å². The van der Waals surface area contributed by atoms with Crippen molar-refractivity contribution in [2.75, 3.05) is 5.32 Å². The van der Waals surface area contributed by atoms with Gasteiger partial charge in [0.25, 0.3) is 0 Å². The molecule has 18 heavy (non-hydrogen) atoms. The molecule has 1 atom stereocenters. The Labute approximate surface area is 114 Å². The maximum Gasteiger partial charge on any atom is 0.0578 e. The van der Waals surface area contributed by atoms with E-state index in [4.69, 9.17) is 0 Å². The number of hydrogen-bond acceptors (Lipinski definition) is 2. The predicted octanol–water partition coefficient (Wildman–Crippen LogP) is 5.10. The molecule has 2 rings (SSSR count). The molecule has 0 aliphatic carbocycles. The lowest BCUT2D eigenvalue weighted by Gasteiger charge is -2.15. The summed E-state index contributed by atoms with van der Waals surface area (Å²) in [6.07, 6.45) is 1.13. The molecular weight excluding hydrogens is 238 g/mol. The standard InChI is InChI=1S/C16H21NS/c1-5-15-8-9-16(18-15)13(4)17-14-7-6-11(2)12(3)10-14/h6-10,13,17H,5H2,1-4H3.